The van der Waals surface area contributed by atoms with E-state index in [1.165, 1.54) is 17.7 Å². The number of aromatic nitrogens is 2. The molecule has 0 atom stereocenters. The third-order valence-electron chi connectivity index (χ3n) is 5.59. The monoisotopic (exact) mass is 467 g/mol. The lowest BCUT2D eigenvalue weighted by atomic mass is 9.95. The zero-order chi connectivity index (χ0) is 24.8. The van der Waals surface area contributed by atoms with Gasteiger partial charge in [0.15, 0.2) is 0 Å². The van der Waals surface area contributed by atoms with Crippen LogP contribution in [0, 0.1) is 5.82 Å². The van der Waals surface area contributed by atoms with Crippen molar-refractivity contribution in [2.24, 2.45) is 0 Å². The molecule has 0 aliphatic carbocycles. The van der Waals surface area contributed by atoms with Crippen LogP contribution in [0.1, 0.15) is 53.6 Å². The van der Waals surface area contributed by atoms with Crippen molar-refractivity contribution in [1.29, 1.82) is 0 Å². The van der Waals surface area contributed by atoms with E-state index in [4.69, 9.17) is 0 Å². The van der Waals surface area contributed by atoms with Crippen LogP contribution in [0.2, 0.25) is 0 Å². The highest BCUT2D eigenvalue weighted by Gasteiger charge is 2.16. The molecule has 3 aromatic carbocycles. The standard InChI is InChI=1S/C30H30FN3O/c1-30(2,3)33-29(35)25-11-9-23(10-12-25)27(24-13-15-26(31)16-14-24)17-18-28-32-19-20-34(28)21-22-7-5-4-6-8-22/h4-17,19-20H,18,21H2,1-3H3,(H,33,35)/b27-17-. The van der Waals surface area contributed by atoms with E-state index in [2.05, 4.69) is 33.1 Å². The molecule has 0 saturated heterocycles. The Balaban J connectivity index is 1.62. The minimum Gasteiger partial charge on any atom is -0.347 e. The average Bonchev–Trinajstić information content (AvgIpc) is 3.27. The van der Waals surface area contributed by atoms with Crippen LogP contribution in [0.15, 0.2) is 97.3 Å². The molecule has 1 N–H and O–H groups in total. The Kier molecular flexibility index (Phi) is 7.25. The lowest BCUT2D eigenvalue weighted by Crippen LogP contribution is -2.40. The summed E-state index contributed by atoms with van der Waals surface area (Å²) in [5.74, 6) is 0.551. The minimum atomic E-state index is -0.309. The Morgan fingerprint density at radius 2 is 1.51 bits per heavy atom. The SMILES string of the molecule is CC(C)(C)NC(=O)c1ccc(/C(=C/Cc2nccn2Cc2ccccc2)c2ccc(F)cc2)cc1. The van der Waals surface area contributed by atoms with Crippen LogP contribution in [-0.4, -0.2) is 21.0 Å². The molecule has 35 heavy (non-hydrogen) atoms. The van der Waals surface area contributed by atoms with Crippen molar-refractivity contribution in [1.82, 2.24) is 14.9 Å². The van der Waals surface area contributed by atoms with Crippen molar-refractivity contribution in [2.75, 3.05) is 0 Å². The second kappa shape index (κ2) is 10.5. The summed E-state index contributed by atoms with van der Waals surface area (Å²) in [6.45, 7) is 6.61. The number of hydrogen-bond donors (Lipinski definition) is 1. The van der Waals surface area contributed by atoms with Gasteiger partial charge in [0.25, 0.3) is 5.91 Å². The van der Waals surface area contributed by atoms with Gasteiger partial charge in [-0.25, -0.2) is 9.37 Å². The summed E-state index contributed by atoms with van der Waals surface area (Å²) < 4.78 is 15.8. The Morgan fingerprint density at radius 3 is 2.14 bits per heavy atom. The molecule has 0 fully saturated rings. The Hall–Kier alpha value is -3.99. The fourth-order valence-electron chi connectivity index (χ4n) is 3.89. The molecule has 0 spiro atoms. The second-order valence-electron chi connectivity index (χ2n) is 9.57. The fraction of sp³-hybridized carbons (Fsp3) is 0.200. The van der Waals surface area contributed by atoms with E-state index < -0.39 is 0 Å². The number of carbonyl (C=O) groups excluding carboxylic acids is 1. The van der Waals surface area contributed by atoms with E-state index >= 15 is 0 Å². The van der Waals surface area contributed by atoms with Crippen molar-refractivity contribution in [3.05, 3.63) is 131 Å². The molecule has 1 aromatic heterocycles. The summed E-state index contributed by atoms with van der Waals surface area (Å²) >= 11 is 0. The largest absolute Gasteiger partial charge is 0.347 e. The van der Waals surface area contributed by atoms with Crippen molar-refractivity contribution in [2.45, 2.75) is 39.3 Å². The molecule has 0 unspecified atom stereocenters. The normalized spacial score (nSPS) is 11.9. The average molecular weight is 468 g/mol. The third-order valence-corrected chi connectivity index (χ3v) is 5.59. The van der Waals surface area contributed by atoms with Crippen molar-refractivity contribution in [3.8, 4) is 0 Å². The van der Waals surface area contributed by atoms with Gasteiger partial charge in [0.05, 0.1) is 0 Å². The zero-order valence-corrected chi connectivity index (χ0v) is 20.3. The topological polar surface area (TPSA) is 46.9 Å². The van der Waals surface area contributed by atoms with Crippen LogP contribution in [0.4, 0.5) is 4.39 Å². The molecule has 0 saturated carbocycles. The van der Waals surface area contributed by atoms with E-state index in [0.29, 0.717) is 12.0 Å². The number of amides is 1. The van der Waals surface area contributed by atoms with Gasteiger partial charge in [0, 0.05) is 36.5 Å². The molecule has 4 aromatic rings. The molecule has 0 bridgehead atoms. The molecule has 4 rings (SSSR count). The summed E-state index contributed by atoms with van der Waals surface area (Å²) in [4.78, 5) is 17.1. The van der Waals surface area contributed by atoms with Gasteiger partial charge in [-0.3, -0.25) is 4.79 Å². The number of allylic oxidation sites excluding steroid dienone is 1. The number of carbonyl (C=O) groups is 1. The van der Waals surface area contributed by atoms with Gasteiger partial charge in [0.1, 0.15) is 11.6 Å². The van der Waals surface area contributed by atoms with Crippen LogP contribution in [0.3, 0.4) is 0 Å². The molecule has 4 nitrogen and oxygen atoms in total. The predicted molar refractivity (Wildman–Crippen MR) is 139 cm³/mol. The van der Waals surface area contributed by atoms with Gasteiger partial charge < -0.3 is 9.88 Å². The van der Waals surface area contributed by atoms with Crippen molar-refractivity contribution >= 4 is 11.5 Å². The third kappa shape index (κ3) is 6.54. The number of hydrogen-bond acceptors (Lipinski definition) is 2. The maximum Gasteiger partial charge on any atom is 0.251 e. The number of rotatable bonds is 7. The number of nitrogens with one attached hydrogen (secondary N) is 1. The van der Waals surface area contributed by atoms with Gasteiger partial charge >= 0.3 is 0 Å². The molecule has 1 amide bonds. The van der Waals surface area contributed by atoms with E-state index in [1.54, 1.807) is 12.1 Å². The Morgan fingerprint density at radius 1 is 0.914 bits per heavy atom. The first-order valence-corrected chi connectivity index (χ1v) is 11.7. The van der Waals surface area contributed by atoms with Crippen LogP contribution in [-0.2, 0) is 13.0 Å². The maximum atomic E-state index is 13.6. The van der Waals surface area contributed by atoms with Gasteiger partial charge in [-0.1, -0.05) is 60.7 Å². The molecular weight excluding hydrogens is 437 g/mol. The van der Waals surface area contributed by atoms with Crippen LogP contribution < -0.4 is 5.32 Å². The summed E-state index contributed by atoms with van der Waals surface area (Å²) in [5.41, 5.74) is 4.31. The lowest BCUT2D eigenvalue weighted by Gasteiger charge is -2.20. The van der Waals surface area contributed by atoms with E-state index in [-0.39, 0.29) is 17.3 Å². The minimum absolute atomic E-state index is 0.112. The number of nitrogens with zero attached hydrogens (tertiary/aromatic N) is 2. The highest BCUT2D eigenvalue weighted by Crippen LogP contribution is 2.25. The summed E-state index contributed by atoms with van der Waals surface area (Å²) in [6.07, 6.45) is 6.52. The fourth-order valence-corrected chi connectivity index (χ4v) is 3.89. The first-order chi connectivity index (χ1) is 16.8. The quantitative estimate of drug-likeness (QED) is 0.348. The van der Waals surface area contributed by atoms with Gasteiger partial charge in [-0.2, -0.15) is 0 Å². The van der Waals surface area contributed by atoms with E-state index in [9.17, 15) is 9.18 Å². The molecule has 1 heterocycles. The number of benzene rings is 3. The predicted octanol–water partition coefficient (Wildman–Crippen LogP) is 6.27. The van der Waals surface area contributed by atoms with E-state index in [0.717, 1.165) is 29.1 Å². The van der Waals surface area contributed by atoms with Crippen molar-refractivity contribution < 1.29 is 9.18 Å². The van der Waals surface area contributed by atoms with Crippen LogP contribution >= 0.6 is 0 Å². The smallest absolute Gasteiger partial charge is 0.251 e. The Labute approximate surface area is 206 Å². The first kappa shape index (κ1) is 24.1. The van der Waals surface area contributed by atoms with Gasteiger partial charge in [0.2, 0.25) is 0 Å². The number of halogens is 1. The maximum absolute atomic E-state index is 13.6. The summed E-state index contributed by atoms with van der Waals surface area (Å²) in [6, 6.07) is 24.3. The molecule has 0 radical (unpaired) electrons. The molecular formula is C30H30FN3O. The summed E-state index contributed by atoms with van der Waals surface area (Å²) in [5, 5.41) is 2.99. The van der Waals surface area contributed by atoms with Crippen LogP contribution in [0.5, 0.6) is 0 Å². The lowest BCUT2D eigenvalue weighted by molar-refractivity contribution is 0.0919. The van der Waals surface area contributed by atoms with E-state index in [1.807, 2.05) is 75.6 Å². The van der Waals surface area contributed by atoms with Gasteiger partial charge in [-0.05, 0) is 67.3 Å². The molecule has 0 aliphatic rings. The highest BCUT2D eigenvalue weighted by atomic mass is 19.1. The number of imidazole rings is 1. The van der Waals surface area contributed by atoms with Gasteiger partial charge in [-0.15, -0.1) is 0 Å². The molecule has 0 aliphatic heterocycles. The highest BCUT2D eigenvalue weighted by molar-refractivity contribution is 5.95. The second-order valence-corrected chi connectivity index (χ2v) is 9.57. The summed E-state index contributed by atoms with van der Waals surface area (Å²) in [7, 11) is 0. The van der Waals surface area contributed by atoms with Crippen LogP contribution in [0.25, 0.3) is 5.57 Å². The molecule has 178 valence electrons. The Bertz CT molecular complexity index is 1300. The zero-order valence-electron chi connectivity index (χ0n) is 20.3. The molecule has 5 heteroatoms. The first-order valence-electron chi connectivity index (χ1n) is 11.7. The van der Waals surface area contributed by atoms with Crippen molar-refractivity contribution in [3.63, 3.8) is 0 Å².